The van der Waals surface area contributed by atoms with Crippen LogP contribution in [0.4, 0.5) is 0 Å². The van der Waals surface area contributed by atoms with Crippen molar-refractivity contribution >= 4 is 17.5 Å². The van der Waals surface area contributed by atoms with Gasteiger partial charge in [0.05, 0.1) is 0 Å². The fourth-order valence-corrected chi connectivity index (χ4v) is 4.80. The largest absolute Gasteiger partial charge is 0.454 e. The lowest BCUT2D eigenvalue weighted by Gasteiger charge is -2.39. The molecule has 28 heavy (non-hydrogen) atoms. The molecule has 2 saturated heterocycles. The highest BCUT2D eigenvalue weighted by Crippen LogP contribution is 2.37. The quantitative estimate of drug-likeness (QED) is 0.767. The number of likely N-dealkylation sites (tertiary alicyclic amines) is 2. The van der Waals surface area contributed by atoms with E-state index in [1.54, 1.807) is 6.07 Å². The number of nitrogens with zero attached hydrogens (tertiary/aromatic N) is 3. The van der Waals surface area contributed by atoms with Gasteiger partial charge in [-0.3, -0.25) is 4.79 Å². The maximum atomic E-state index is 12.8. The summed E-state index contributed by atoms with van der Waals surface area (Å²) in [6.07, 6.45) is 4.98. The van der Waals surface area contributed by atoms with Crippen molar-refractivity contribution in [2.45, 2.75) is 50.7 Å². The van der Waals surface area contributed by atoms with Crippen LogP contribution in [-0.4, -0.2) is 73.2 Å². The SMILES string of the molecule is CN1CCC(N(C)C2CCC(=O)N(Cc3cc4c(cc3Cl)OCO4)CC2)CC1. The zero-order valence-corrected chi connectivity index (χ0v) is 17.6. The van der Waals surface area contributed by atoms with Gasteiger partial charge in [0.2, 0.25) is 12.7 Å². The molecule has 0 aromatic heterocycles. The molecule has 0 bridgehead atoms. The number of piperidine rings is 1. The van der Waals surface area contributed by atoms with Crippen molar-refractivity contribution in [3.8, 4) is 11.5 Å². The van der Waals surface area contributed by atoms with Crippen LogP contribution < -0.4 is 9.47 Å². The van der Waals surface area contributed by atoms with Gasteiger partial charge in [-0.1, -0.05) is 11.6 Å². The molecule has 0 spiro atoms. The van der Waals surface area contributed by atoms with Gasteiger partial charge in [-0.15, -0.1) is 0 Å². The lowest BCUT2D eigenvalue weighted by atomic mass is 9.99. The Bertz CT molecular complexity index is 721. The van der Waals surface area contributed by atoms with Crippen LogP contribution in [0.2, 0.25) is 5.02 Å². The first-order chi connectivity index (χ1) is 13.5. The highest BCUT2D eigenvalue weighted by Gasteiger charge is 2.30. The lowest BCUT2D eigenvalue weighted by Crippen LogP contribution is -2.46. The van der Waals surface area contributed by atoms with Crippen molar-refractivity contribution in [3.05, 3.63) is 22.7 Å². The fourth-order valence-electron chi connectivity index (χ4n) is 4.58. The van der Waals surface area contributed by atoms with E-state index in [0.717, 1.165) is 38.0 Å². The number of carbonyl (C=O) groups excluding carboxylic acids is 1. The standard InChI is InChI=1S/C21H30ClN3O3/c1-23-8-5-17(6-9-23)24(2)16-3-4-21(26)25(10-7-16)13-15-11-19-20(12-18(15)22)28-14-27-19/h11-12,16-17H,3-10,13-14H2,1-2H3. The second kappa shape index (κ2) is 8.47. The van der Waals surface area contributed by atoms with Crippen LogP contribution in [0.1, 0.15) is 37.7 Å². The van der Waals surface area contributed by atoms with E-state index in [2.05, 4.69) is 23.9 Å². The monoisotopic (exact) mass is 407 g/mol. The third-order valence-corrected chi connectivity index (χ3v) is 6.87. The van der Waals surface area contributed by atoms with E-state index >= 15 is 0 Å². The van der Waals surface area contributed by atoms with Crippen molar-refractivity contribution in [1.82, 2.24) is 14.7 Å². The molecule has 3 aliphatic rings. The molecular weight excluding hydrogens is 378 g/mol. The average Bonchev–Trinajstić information content (AvgIpc) is 3.05. The van der Waals surface area contributed by atoms with E-state index in [9.17, 15) is 4.79 Å². The molecule has 1 aromatic rings. The van der Waals surface area contributed by atoms with Gasteiger partial charge >= 0.3 is 0 Å². The van der Waals surface area contributed by atoms with Crippen LogP contribution in [0.5, 0.6) is 11.5 Å². The number of fused-ring (bicyclic) bond motifs is 1. The first kappa shape index (κ1) is 19.8. The maximum Gasteiger partial charge on any atom is 0.231 e. The highest BCUT2D eigenvalue weighted by atomic mass is 35.5. The Morgan fingerprint density at radius 3 is 2.46 bits per heavy atom. The molecule has 154 valence electrons. The fraction of sp³-hybridized carbons (Fsp3) is 0.667. The molecule has 0 radical (unpaired) electrons. The molecule has 3 aliphatic heterocycles. The van der Waals surface area contributed by atoms with Gasteiger partial charge in [-0.25, -0.2) is 0 Å². The lowest BCUT2D eigenvalue weighted by molar-refractivity contribution is -0.131. The summed E-state index contributed by atoms with van der Waals surface area (Å²) in [6.45, 7) is 3.84. The van der Waals surface area contributed by atoms with Gasteiger partial charge in [-0.05, 0) is 64.5 Å². The number of hydrogen-bond acceptors (Lipinski definition) is 5. The van der Waals surface area contributed by atoms with Gasteiger partial charge in [0.25, 0.3) is 0 Å². The Balaban J connectivity index is 1.39. The molecule has 4 rings (SSSR count). The zero-order valence-electron chi connectivity index (χ0n) is 16.8. The first-order valence-corrected chi connectivity index (χ1v) is 10.7. The molecule has 0 saturated carbocycles. The van der Waals surface area contributed by atoms with Crippen molar-refractivity contribution in [1.29, 1.82) is 0 Å². The minimum absolute atomic E-state index is 0.216. The number of halogens is 1. The summed E-state index contributed by atoms with van der Waals surface area (Å²) in [5.41, 5.74) is 0.918. The minimum Gasteiger partial charge on any atom is -0.454 e. The van der Waals surface area contributed by atoms with Crippen molar-refractivity contribution in [2.75, 3.05) is 40.5 Å². The van der Waals surface area contributed by atoms with Crippen molar-refractivity contribution in [2.24, 2.45) is 0 Å². The third-order valence-electron chi connectivity index (χ3n) is 6.52. The smallest absolute Gasteiger partial charge is 0.231 e. The molecule has 1 amide bonds. The molecule has 1 aromatic carbocycles. The Morgan fingerprint density at radius 1 is 1.07 bits per heavy atom. The van der Waals surface area contributed by atoms with E-state index in [0.29, 0.717) is 41.6 Å². The average molecular weight is 408 g/mol. The van der Waals surface area contributed by atoms with Gasteiger partial charge < -0.3 is 24.2 Å². The summed E-state index contributed by atoms with van der Waals surface area (Å²) >= 11 is 6.42. The molecule has 0 N–H and O–H groups in total. The van der Waals surface area contributed by atoms with Crippen LogP contribution in [0, 0.1) is 0 Å². The van der Waals surface area contributed by atoms with E-state index in [1.165, 1.54) is 12.8 Å². The normalized spacial score (nSPS) is 24.1. The minimum atomic E-state index is 0.216. The molecule has 2 fully saturated rings. The van der Waals surface area contributed by atoms with Crippen LogP contribution in [0.15, 0.2) is 12.1 Å². The number of ether oxygens (including phenoxy) is 2. The van der Waals surface area contributed by atoms with Gasteiger partial charge in [0.1, 0.15) is 0 Å². The van der Waals surface area contributed by atoms with Gasteiger partial charge in [0, 0.05) is 42.7 Å². The summed E-state index contributed by atoms with van der Waals surface area (Å²) in [5, 5.41) is 0.626. The number of hydrogen-bond donors (Lipinski definition) is 0. The Labute approximate surface area is 172 Å². The van der Waals surface area contributed by atoms with Crippen LogP contribution >= 0.6 is 11.6 Å². The summed E-state index contributed by atoms with van der Waals surface area (Å²) in [6, 6.07) is 4.80. The molecule has 3 heterocycles. The predicted octanol–water partition coefficient (Wildman–Crippen LogP) is 2.98. The Kier molecular flexibility index (Phi) is 5.99. The first-order valence-electron chi connectivity index (χ1n) is 10.3. The Hall–Kier alpha value is -1.50. The van der Waals surface area contributed by atoms with Gasteiger partial charge in [0.15, 0.2) is 11.5 Å². The number of carbonyl (C=O) groups is 1. The summed E-state index contributed by atoms with van der Waals surface area (Å²) in [5.74, 6) is 1.60. The van der Waals surface area contributed by atoms with E-state index in [4.69, 9.17) is 21.1 Å². The van der Waals surface area contributed by atoms with Crippen LogP contribution in [-0.2, 0) is 11.3 Å². The number of amides is 1. The second-order valence-corrected chi connectivity index (χ2v) is 8.70. The summed E-state index contributed by atoms with van der Waals surface area (Å²) < 4.78 is 10.8. The zero-order chi connectivity index (χ0) is 19.7. The van der Waals surface area contributed by atoms with Crippen molar-refractivity contribution < 1.29 is 14.3 Å². The number of rotatable bonds is 4. The van der Waals surface area contributed by atoms with E-state index in [-0.39, 0.29) is 12.7 Å². The van der Waals surface area contributed by atoms with Crippen LogP contribution in [0.25, 0.3) is 0 Å². The van der Waals surface area contributed by atoms with Gasteiger partial charge in [-0.2, -0.15) is 0 Å². The maximum absolute atomic E-state index is 12.8. The predicted molar refractivity (Wildman–Crippen MR) is 109 cm³/mol. The summed E-state index contributed by atoms with van der Waals surface area (Å²) in [7, 11) is 4.44. The van der Waals surface area contributed by atoms with Crippen molar-refractivity contribution in [3.63, 3.8) is 0 Å². The molecule has 6 nitrogen and oxygen atoms in total. The molecule has 1 atom stereocenters. The third kappa shape index (κ3) is 4.24. The molecule has 0 aliphatic carbocycles. The summed E-state index contributed by atoms with van der Waals surface area (Å²) in [4.78, 5) is 19.6. The Morgan fingerprint density at radius 2 is 1.71 bits per heavy atom. The van der Waals surface area contributed by atoms with Crippen LogP contribution in [0.3, 0.4) is 0 Å². The second-order valence-electron chi connectivity index (χ2n) is 8.29. The molecule has 7 heteroatoms. The topological polar surface area (TPSA) is 45.2 Å². The highest BCUT2D eigenvalue weighted by molar-refractivity contribution is 6.31. The van der Waals surface area contributed by atoms with E-state index < -0.39 is 0 Å². The molecular formula is C21H30ClN3O3. The number of benzene rings is 1. The van der Waals surface area contributed by atoms with E-state index in [1.807, 2.05) is 11.0 Å². The molecule has 1 unspecified atom stereocenters.